The van der Waals surface area contributed by atoms with Gasteiger partial charge in [0.25, 0.3) is 0 Å². The van der Waals surface area contributed by atoms with Crippen LogP contribution in [0.4, 0.5) is 13.2 Å². The molecule has 8 heteroatoms. The number of benzene rings is 1. The first-order chi connectivity index (χ1) is 10.7. The van der Waals surface area contributed by atoms with E-state index in [9.17, 15) is 22.8 Å². The van der Waals surface area contributed by atoms with Gasteiger partial charge in [0.2, 0.25) is 0 Å². The number of fused-ring (bicyclic) bond motifs is 1. The van der Waals surface area contributed by atoms with Gasteiger partial charge in [-0.15, -0.1) is 0 Å². The first kappa shape index (κ1) is 21.0. The summed E-state index contributed by atoms with van der Waals surface area (Å²) in [5, 5.41) is 0. The van der Waals surface area contributed by atoms with Gasteiger partial charge in [-0.2, -0.15) is 13.2 Å². The summed E-state index contributed by atoms with van der Waals surface area (Å²) in [6.07, 6.45) is -4.64. The normalized spacial score (nSPS) is 15.2. The van der Waals surface area contributed by atoms with Crippen LogP contribution in [0.2, 0.25) is 0 Å². The first-order valence-electron chi connectivity index (χ1n) is 7.28. The number of carbonyl (C=O) groups excluding carboxylic acids is 2. The van der Waals surface area contributed by atoms with Crippen molar-refractivity contribution in [2.24, 2.45) is 5.41 Å². The minimum absolute atomic E-state index is 0. The molecule has 128 valence electrons. The van der Waals surface area contributed by atoms with E-state index in [1.54, 1.807) is 13.8 Å². The summed E-state index contributed by atoms with van der Waals surface area (Å²) in [5.74, 6) is -1.52. The molecule has 2 rings (SSSR count). The average molecular weight is 354 g/mol. The Hall–Kier alpha value is -1.05. The van der Waals surface area contributed by atoms with Crippen molar-refractivity contribution in [3.05, 3.63) is 34.9 Å². The number of rotatable bonds is 4. The van der Waals surface area contributed by atoms with Gasteiger partial charge in [-0.25, -0.2) is 0 Å². The molecule has 0 aliphatic heterocycles. The van der Waals surface area contributed by atoms with Gasteiger partial charge < -0.3 is 9.47 Å². The van der Waals surface area contributed by atoms with Gasteiger partial charge in [0.05, 0.1) is 18.8 Å². The Balaban J connectivity index is 0.00000288. The Morgan fingerprint density at radius 3 is 2.00 bits per heavy atom. The van der Waals surface area contributed by atoms with Crippen LogP contribution < -0.4 is 0 Å². The summed E-state index contributed by atoms with van der Waals surface area (Å²) < 4.78 is 48.4. The number of alkyl halides is 3. The van der Waals surface area contributed by atoms with Crippen LogP contribution in [0.5, 0.6) is 0 Å². The van der Waals surface area contributed by atoms with Gasteiger partial charge in [-0.3, -0.25) is 9.59 Å². The van der Waals surface area contributed by atoms with Crippen LogP contribution in [0.1, 0.15) is 30.5 Å². The molecule has 1 aliphatic rings. The summed E-state index contributed by atoms with van der Waals surface area (Å²) in [7, 11) is 0. The fourth-order valence-electron chi connectivity index (χ4n) is 2.76. The maximum atomic E-state index is 12.8. The van der Waals surface area contributed by atoms with E-state index in [0.29, 0.717) is 11.1 Å². The fourth-order valence-corrected chi connectivity index (χ4v) is 2.76. The van der Waals surface area contributed by atoms with Crippen LogP contribution in [-0.4, -0.2) is 54.7 Å². The van der Waals surface area contributed by atoms with Crippen molar-refractivity contribution in [1.29, 1.82) is 0 Å². The second-order valence-electron chi connectivity index (χ2n) is 5.36. The van der Waals surface area contributed by atoms with E-state index in [0.717, 1.165) is 12.1 Å². The van der Waals surface area contributed by atoms with Gasteiger partial charge in [-0.1, -0.05) is 6.07 Å². The SMILES string of the molecule is CCOC(=O)C1(C(=O)OCC)Cc2ccc(C(F)(F)F)cc2C1.[NaH]. The molecule has 1 aliphatic carbocycles. The molecule has 0 unspecified atom stereocenters. The zero-order valence-corrected chi connectivity index (χ0v) is 12.8. The standard InChI is InChI=1S/C16H17F3O4.Na.H/c1-3-22-13(20)15(14(21)23-4-2)8-10-5-6-12(16(17,18)19)7-11(10)9-15;;/h5-7H,3-4,8-9H2,1-2H3;;. The zero-order chi connectivity index (χ0) is 17.3. The van der Waals surface area contributed by atoms with E-state index >= 15 is 0 Å². The molecule has 24 heavy (non-hydrogen) atoms. The number of hydrogen-bond donors (Lipinski definition) is 0. The Kier molecular flexibility index (Phi) is 6.90. The molecule has 0 heterocycles. The molecule has 1 aromatic carbocycles. The molecular formula is C16H18F3NaO4. The van der Waals surface area contributed by atoms with Crippen molar-refractivity contribution in [2.75, 3.05) is 13.2 Å². The Morgan fingerprint density at radius 2 is 1.54 bits per heavy atom. The van der Waals surface area contributed by atoms with E-state index in [-0.39, 0.29) is 55.6 Å². The van der Waals surface area contributed by atoms with Crippen molar-refractivity contribution in [2.45, 2.75) is 32.9 Å². The molecule has 0 saturated heterocycles. The van der Waals surface area contributed by atoms with Crippen molar-refractivity contribution in [3.63, 3.8) is 0 Å². The Labute approximate surface area is 160 Å². The average Bonchev–Trinajstić information content (AvgIpc) is 2.86. The molecule has 0 aromatic heterocycles. The molecule has 0 amide bonds. The summed E-state index contributed by atoms with van der Waals surface area (Å²) in [6.45, 7) is 3.34. The second kappa shape index (κ2) is 7.89. The second-order valence-corrected chi connectivity index (χ2v) is 5.36. The zero-order valence-electron chi connectivity index (χ0n) is 12.8. The summed E-state index contributed by atoms with van der Waals surface area (Å²) >= 11 is 0. The van der Waals surface area contributed by atoms with E-state index in [4.69, 9.17) is 9.47 Å². The third-order valence-electron chi connectivity index (χ3n) is 3.85. The molecular weight excluding hydrogens is 336 g/mol. The number of ether oxygens (including phenoxy) is 2. The molecule has 0 saturated carbocycles. The summed E-state index contributed by atoms with van der Waals surface area (Å²) in [5.41, 5.74) is -1.56. The molecule has 0 radical (unpaired) electrons. The van der Waals surface area contributed by atoms with E-state index in [1.165, 1.54) is 6.07 Å². The number of halogens is 3. The third-order valence-corrected chi connectivity index (χ3v) is 3.85. The van der Waals surface area contributed by atoms with E-state index < -0.39 is 29.1 Å². The fraction of sp³-hybridized carbons (Fsp3) is 0.500. The molecule has 1 aromatic rings. The van der Waals surface area contributed by atoms with Gasteiger partial charge in [0.15, 0.2) is 5.41 Å². The van der Waals surface area contributed by atoms with Gasteiger partial charge >= 0.3 is 47.7 Å². The molecule has 4 nitrogen and oxygen atoms in total. The maximum absolute atomic E-state index is 12.8. The molecule has 0 fully saturated rings. The summed E-state index contributed by atoms with van der Waals surface area (Å²) in [6, 6.07) is 3.24. The summed E-state index contributed by atoms with van der Waals surface area (Å²) in [4.78, 5) is 24.6. The molecule has 0 spiro atoms. The van der Waals surface area contributed by atoms with Crippen LogP contribution >= 0.6 is 0 Å². The predicted molar refractivity (Wildman–Crippen MR) is 81.7 cm³/mol. The Morgan fingerprint density at radius 1 is 1.04 bits per heavy atom. The van der Waals surface area contributed by atoms with E-state index in [1.807, 2.05) is 0 Å². The Bertz CT molecular complexity index is 610. The van der Waals surface area contributed by atoms with Crippen molar-refractivity contribution < 1.29 is 32.2 Å². The molecule has 0 bridgehead atoms. The number of carbonyl (C=O) groups is 2. The molecule has 0 N–H and O–H groups in total. The van der Waals surface area contributed by atoms with Crippen LogP contribution in [0.25, 0.3) is 0 Å². The van der Waals surface area contributed by atoms with Gasteiger partial charge in [0, 0.05) is 0 Å². The van der Waals surface area contributed by atoms with Crippen LogP contribution in [0.3, 0.4) is 0 Å². The monoisotopic (exact) mass is 354 g/mol. The van der Waals surface area contributed by atoms with E-state index in [2.05, 4.69) is 0 Å². The van der Waals surface area contributed by atoms with Gasteiger partial charge in [-0.05, 0) is 49.9 Å². The topological polar surface area (TPSA) is 52.6 Å². The first-order valence-corrected chi connectivity index (χ1v) is 7.28. The molecule has 0 atom stereocenters. The van der Waals surface area contributed by atoms with Crippen LogP contribution in [0.15, 0.2) is 18.2 Å². The third kappa shape index (κ3) is 3.95. The van der Waals surface area contributed by atoms with Crippen LogP contribution in [0, 0.1) is 5.41 Å². The quantitative estimate of drug-likeness (QED) is 0.473. The van der Waals surface area contributed by atoms with Crippen molar-refractivity contribution in [1.82, 2.24) is 0 Å². The van der Waals surface area contributed by atoms with Gasteiger partial charge in [0.1, 0.15) is 0 Å². The van der Waals surface area contributed by atoms with Crippen molar-refractivity contribution >= 4 is 41.5 Å². The number of hydrogen-bond acceptors (Lipinski definition) is 4. The predicted octanol–water partition coefficient (Wildman–Crippen LogP) is 2.27. The van der Waals surface area contributed by atoms with Crippen LogP contribution in [-0.2, 0) is 38.1 Å². The number of esters is 2. The van der Waals surface area contributed by atoms with Crippen molar-refractivity contribution in [3.8, 4) is 0 Å². The minimum atomic E-state index is -4.48.